The summed E-state index contributed by atoms with van der Waals surface area (Å²) < 4.78 is 5.31. The van der Waals surface area contributed by atoms with Crippen molar-refractivity contribution in [2.75, 3.05) is 26.3 Å². The number of hydrogen-bond donors (Lipinski definition) is 1. The first kappa shape index (κ1) is 9.93. The van der Waals surface area contributed by atoms with Crippen LogP contribution in [-0.2, 0) is 9.53 Å². The third kappa shape index (κ3) is 1.91. The maximum atomic E-state index is 12.0. The van der Waals surface area contributed by atoms with Crippen molar-refractivity contribution in [2.24, 2.45) is 11.7 Å². The maximum absolute atomic E-state index is 12.0. The molecule has 0 aromatic heterocycles. The van der Waals surface area contributed by atoms with Gasteiger partial charge >= 0.3 is 0 Å². The molecule has 2 unspecified atom stereocenters. The molecule has 0 saturated carbocycles. The highest BCUT2D eigenvalue weighted by molar-refractivity contribution is 5.80. The molecule has 4 heteroatoms. The first-order chi connectivity index (χ1) is 6.79. The van der Waals surface area contributed by atoms with Gasteiger partial charge in [-0.25, -0.2) is 0 Å². The van der Waals surface area contributed by atoms with Crippen LogP contribution < -0.4 is 5.73 Å². The molecule has 2 saturated heterocycles. The lowest BCUT2D eigenvalue weighted by Crippen LogP contribution is -2.48. The van der Waals surface area contributed by atoms with E-state index in [9.17, 15) is 4.79 Å². The summed E-state index contributed by atoms with van der Waals surface area (Å²) in [4.78, 5) is 13.9. The zero-order valence-electron chi connectivity index (χ0n) is 8.45. The van der Waals surface area contributed by atoms with Crippen LogP contribution in [0.2, 0.25) is 0 Å². The molecule has 0 bridgehead atoms. The predicted molar refractivity (Wildman–Crippen MR) is 52.7 cm³/mol. The average Bonchev–Trinajstić information content (AvgIpc) is 2.70. The van der Waals surface area contributed by atoms with Crippen molar-refractivity contribution in [1.82, 2.24) is 4.90 Å². The topological polar surface area (TPSA) is 55.6 Å². The summed E-state index contributed by atoms with van der Waals surface area (Å²) >= 11 is 0. The molecule has 0 aliphatic carbocycles. The van der Waals surface area contributed by atoms with E-state index in [4.69, 9.17) is 10.5 Å². The number of rotatable bonds is 1. The minimum absolute atomic E-state index is 0.00292. The summed E-state index contributed by atoms with van der Waals surface area (Å²) in [6, 6.07) is -0.00292. The van der Waals surface area contributed by atoms with Gasteiger partial charge in [-0.15, -0.1) is 0 Å². The molecule has 0 aromatic rings. The van der Waals surface area contributed by atoms with Crippen LogP contribution >= 0.6 is 0 Å². The molecule has 2 atom stereocenters. The van der Waals surface area contributed by atoms with Crippen LogP contribution in [0.25, 0.3) is 0 Å². The van der Waals surface area contributed by atoms with E-state index in [0.29, 0.717) is 13.2 Å². The minimum atomic E-state index is -0.0955. The Balaban J connectivity index is 1.94. The van der Waals surface area contributed by atoms with Crippen molar-refractivity contribution in [3.05, 3.63) is 0 Å². The Morgan fingerprint density at radius 1 is 1.36 bits per heavy atom. The van der Waals surface area contributed by atoms with Crippen molar-refractivity contribution in [1.29, 1.82) is 0 Å². The number of amides is 1. The normalized spacial score (nSPS) is 33.4. The molecule has 2 aliphatic heterocycles. The van der Waals surface area contributed by atoms with Crippen LogP contribution in [0.3, 0.4) is 0 Å². The number of nitrogens with zero attached hydrogens (tertiary/aromatic N) is 1. The first-order valence-electron chi connectivity index (χ1n) is 5.41. The Morgan fingerprint density at radius 2 is 2.07 bits per heavy atom. The van der Waals surface area contributed by atoms with Crippen LogP contribution in [0.1, 0.15) is 19.3 Å². The fraction of sp³-hybridized carbons (Fsp3) is 0.900. The van der Waals surface area contributed by atoms with Crippen molar-refractivity contribution in [2.45, 2.75) is 25.3 Å². The van der Waals surface area contributed by atoms with E-state index in [1.54, 1.807) is 0 Å². The second-order valence-electron chi connectivity index (χ2n) is 4.17. The summed E-state index contributed by atoms with van der Waals surface area (Å²) in [5.41, 5.74) is 5.92. The number of nitrogens with two attached hydrogens (primary N) is 1. The lowest BCUT2D eigenvalue weighted by Gasteiger charge is -2.30. The number of carbonyl (C=O) groups is 1. The highest BCUT2D eigenvalue weighted by atomic mass is 16.5. The SMILES string of the molecule is NC1CCOCC1C(=O)N1CCCC1. The Hall–Kier alpha value is -0.610. The standard InChI is InChI=1S/C10H18N2O2/c11-9-3-6-14-7-8(9)10(13)12-4-1-2-5-12/h8-9H,1-7,11H2. The lowest BCUT2D eigenvalue weighted by atomic mass is 9.95. The van der Waals surface area contributed by atoms with Crippen LogP contribution in [-0.4, -0.2) is 43.2 Å². The number of ether oxygens (including phenoxy) is 1. The molecule has 1 amide bonds. The smallest absolute Gasteiger partial charge is 0.229 e. The molecular weight excluding hydrogens is 180 g/mol. The average molecular weight is 198 g/mol. The van der Waals surface area contributed by atoms with Gasteiger partial charge in [0.05, 0.1) is 12.5 Å². The Kier molecular flexibility index (Phi) is 3.03. The second kappa shape index (κ2) is 4.28. The first-order valence-corrected chi connectivity index (χ1v) is 5.41. The van der Waals surface area contributed by atoms with Gasteiger partial charge in [0.15, 0.2) is 0 Å². The molecule has 2 fully saturated rings. The summed E-state index contributed by atoms with van der Waals surface area (Å²) in [6.07, 6.45) is 3.08. The van der Waals surface area contributed by atoms with E-state index in [1.165, 1.54) is 0 Å². The number of hydrogen-bond acceptors (Lipinski definition) is 3. The summed E-state index contributed by atoms with van der Waals surface area (Å²) in [5, 5.41) is 0. The lowest BCUT2D eigenvalue weighted by molar-refractivity contribution is -0.139. The molecular formula is C10H18N2O2. The Labute approximate surface area is 84.4 Å². The van der Waals surface area contributed by atoms with Crippen LogP contribution in [0.4, 0.5) is 0 Å². The number of carbonyl (C=O) groups excluding carboxylic acids is 1. The highest BCUT2D eigenvalue weighted by Gasteiger charge is 2.33. The minimum Gasteiger partial charge on any atom is -0.381 e. The zero-order chi connectivity index (χ0) is 9.97. The quantitative estimate of drug-likeness (QED) is 0.644. The highest BCUT2D eigenvalue weighted by Crippen LogP contribution is 2.18. The van der Waals surface area contributed by atoms with Gasteiger partial charge in [-0.1, -0.05) is 0 Å². The van der Waals surface area contributed by atoms with Crippen LogP contribution in [0.5, 0.6) is 0 Å². The van der Waals surface area contributed by atoms with E-state index in [2.05, 4.69) is 0 Å². The van der Waals surface area contributed by atoms with E-state index < -0.39 is 0 Å². The van der Waals surface area contributed by atoms with Gasteiger partial charge in [-0.2, -0.15) is 0 Å². The third-order valence-corrected chi connectivity index (χ3v) is 3.14. The fourth-order valence-electron chi connectivity index (χ4n) is 2.18. The van der Waals surface area contributed by atoms with Gasteiger partial charge < -0.3 is 15.4 Å². The maximum Gasteiger partial charge on any atom is 0.229 e. The fourth-order valence-corrected chi connectivity index (χ4v) is 2.18. The second-order valence-corrected chi connectivity index (χ2v) is 4.17. The third-order valence-electron chi connectivity index (χ3n) is 3.14. The van der Waals surface area contributed by atoms with E-state index in [1.807, 2.05) is 4.90 Å². The molecule has 2 N–H and O–H groups in total. The van der Waals surface area contributed by atoms with Gasteiger partial charge in [0.25, 0.3) is 0 Å². The van der Waals surface area contributed by atoms with Crippen molar-refractivity contribution < 1.29 is 9.53 Å². The summed E-state index contributed by atoms with van der Waals surface area (Å²) in [6.45, 7) is 3.02. The monoisotopic (exact) mass is 198 g/mol. The van der Waals surface area contributed by atoms with E-state index in [-0.39, 0.29) is 17.9 Å². The summed E-state index contributed by atoms with van der Waals surface area (Å²) in [5.74, 6) is 0.108. The molecule has 2 heterocycles. The Morgan fingerprint density at radius 3 is 2.71 bits per heavy atom. The molecule has 2 aliphatic rings. The molecule has 0 spiro atoms. The van der Waals surface area contributed by atoms with Crippen LogP contribution in [0, 0.1) is 5.92 Å². The zero-order valence-corrected chi connectivity index (χ0v) is 8.45. The molecule has 2 rings (SSSR count). The largest absolute Gasteiger partial charge is 0.381 e. The van der Waals surface area contributed by atoms with Gasteiger partial charge in [0.1, 0.15) is 0 Å². The van der Waals surface area contributed by atoms with E-state index in [0.717, 1.165) is 32.4 Å². The van der Waals surface area contributed by atoms with Gasteiger partial charge in [0.2, 0.25) is 5.91 Å². The van der Waals surface area contributed by atoms with Crippen molar-refractivity contribution in [3.63, 3.8) is 0 Å². The van der Waals surface area contributed by atoms with Gasteiger partial charge in [0, 0.05) is 25.7 Å². The van der Waals surface area contributed by atoms with E-state index >= 15 is 0 Å². The Bertz CT molecular complexity index is 214. The van der Waals surface area contributed by atoms with Gasteiger partial charge in [-0.05, 0) is 19.3 Å². The van der Waals surface area contributed by atoms with Gasteiger partial charge in [-0.3, -0.25) is 4.79 Å². The molecule has 4 nitrogen and oxygen atoms in total. The molecule has 80 valence electrons. The summed E-state index contributed by atoms with van der Waals surface area (Å²) in [7, 11) is 0. The van der Waals surface area contributed by atoms with Crippen molar-refractivity contribution >= 4 is 5.91 Å². The predicted octanol–water partition coefficient (Wildman–Crippen LogP) is -0.0274. The molecule has 14 heavy (non-hydrogen) atoms. The molecule has 0 aromatic carbocycles. The molecule has 0 radical (unpaired) electrons. The van der Waals surface area contributed by atoms with Crippen molar-refractivity contribution in [3.8, 4) is 0 Å². The van der Waals surface area contributed by atoms with Crippen LogP contribution in [0.15, 0.2) is 0 Å². The number of likely N-dealkylation sites (tertiary alicyclic amines) is 1.